The molecule has 0 rings (SSSR count). The number of aliphatic hydroxyl groups excluding tert-OH is 2. The van der Waals surface area contributed by atoms with E-state index in [1.54, 1.807) is 0 Å². The summed E-state index contributed by atoms with van der Waals surface area (Å²) in [6.07, 6.45) is 0.937. The molecule has 0 aromatic rings. The third kappa shape index (κ3) is 4.40. The first kappa shape index (κ1) is 13.9. The Morgan fingerprint density at radius 3 is 2.14 bits per heavy atom. The molecule has 3 heteroatoms. The van der Waals surface area contributed by atoms with E-state index < -0.39 is 0 Å². The molecule has 0 fully saturated rings. The van der Waals surface area contributed by atoms with Crippen molar-refractivity contribution in [3.05, 3.63) is 0 Å². The van der Waals surface area contributed by atoms with E-state index in [0.29, 0.717) is 5.92 Å². The zero-order valence-corrected chi connectivity index (χ0v) is 9.88. The molecular weight excluding hydrogens is 178 g/mol. The summed E-state index contributed by atoms with van der Waals surface area (Å²) in [5, 5.41) is 21.6. The molecule has 2 unspecified atom stereocenters. The van der Waals surface area contributed by atoms with Gasteiger partial charge >= 0.3 is 0 Å². The van der Waals surface area contributed by atoms with E-state index in [0.717, 1.165) is 13.0 Å². The van der Waals surface area contributed by atoms with E-state index in [-0.39, 0.29) is 24.7 Å². The Hall–Kier alpha value is -0.120. The van der Waals surface area contributed by atoms with Crippen molar-refractivity contribution >= 4 is 0 Å². The largest absolute Gasteiger partial charge is 0.396 e. The maximum atomic E-state index is 9.21. The van der Waals surface area contributed by atoms with Crippen molar-refractivity contribution in [1.82, 2.24) is 5.32 Å². The molecule has 0 saturated heterocycles. The first-order valence-corrected chi connectivity index (χ1v) is 5.44. The van der Waals surface area contributed by atoms with Crippen LogP contribution in [0.25, 0.3) is 0 Å². The van der Waals surface area contributed by atoms with Gasteiger partial charge in [0.1, 0.15) is 0 Å². The molecule has 0 saturated carbocycles. The van der Waals surface area contributed by atoms with Crippen LogP contribution in [-0.4, -0.2) is 36.0 Å². The number of aliphatic hydroxyl groups is 2. The third-order valence-corrected chi connectivity index (χ3v) is 3.03. The van der Waals surface area contributed by atoms with Gasteiger partial charge in [-0.25, -0.2) is 0 Å². The van der Waals surface area contributed by atoms with Gasteiger partial charge in [0.2, 0.25) is 0 Å². The highest BCUT2D eigenvalue weighted by molar-refractivity contribution is 4.78. The maximum absolute atomic E-state index is 9.21. The van der Waals surface area contributed by atoms with Crippen LogP contribution in [0.15, 0.2) is 0 Å². The number of hydrogen-bond donors (Lipinski definition) is 3. The van der Waals surface area contributed by atoms with E-state index >= 15 is 0 Å². The molecule has 2 atom stereocenters. The van der Waals surface area contributed by atoms with Gasteiger partial charge in [-0.05, 0) is 12.3 Å². The van der Waals surface area contributed by atoms with Gasteiger partial charge in [0.25, 0.3) is 0 Å². The average Bonchev–Trinajstić information content (AvgIpc) is 2.18. The highest BCUT2D eigenvalue weighted by Crippen LogP contribution is 2.19. The molecule has 0 aliphatic heterocycles. The second kappa shape index (κ2) is 6.38. The summed E-state index contributed by atoms with van der Waals surface area (Å²) >= 11 is 0. The Bertz CT molecular complexity index is 144. The molecule has 0 aliphatic rings. The molecule has 0 aliphatic carbocycles. The monoisotopic (exact) mass is 203 g/mol. The van der Waals surface area contributed by atoms with Crippen molar-refractivity contribution in [3.8, 4) is 0 Å². The normalized spacial score (nSPS) is 18.2. The first-order chi connectivity index (χ1) is 6.49. The first-order valence-electron chi connectivity index (χ1n) is 5.44. The number of rotatable bonds is 7. The molecular formula is C11H25NO2. The zero-order chi connectivity index (χ0) is 11.2. The molecule has 0 aromatic carbocycles. The van der Waals surface area contributed by atoms with Crippen LogP contribution in [-0.2, 0) is 0 Å². The second-order valence-corrected chi connectivity index (χ2v) is 4.74. The fourth-order valence-electron chi connectivity index (χ4n) is 1.18. The molecule has 86 valence electrons. The summed E-state index contributed by atoms with van der Waals surface area (Å²) in [5.41, 5.74) is -0.0672. The van der Waals surface area contributed by atoms with E-state index in [9.17, 15) is 5.11 Å². The summed E-state index contributed by atoms with van der Waals surface area (Å²) in [7, 11) is 0. The summed E-state index contributed by atoms with van der Waals surface area (Å²) < 4.78 is 0. The van der Waals surface area contributed by atoms with Crippen LogP contribution in [0.3, 0.4) is 0 Å². The standard InChI is InChI=1S/C11H25NO2/c1-5-11(4,8-14)7-12-10(6-13)9(2)3/h9-10,12-14H,5-8H2,1-4H3. The van der Waals surface area contributed by atoms with Crippen LogP contribution in [0.4, 0.5) is 0 Å². The third-order valence-electron chi connectivity index (χ3n) is 3.03. The fourth-order valence-corrected chi connectivity index (χ4v) is 1.18. The van der Waals surface area contributed by atoms with Crippen molar-refractivity contribution in [2.45, 2.75) is 40.2 Å². The molecule has 0 aromatic heterocycles. The van der Waals surface area contributed by atoms with Crippen LogP contribution in [0, 0.1) is 11.3 Å². The van der Waals surface area contributed by atoms with Gasteiger partial charge in [0.05, 0.1) is 6.61 Å². The predicted octanol–water partition coefficient (Wildman–Crippen LogP) is 1.00. The van der Waals surface area contributed by atoms with E-state index in [1.807, 2.05) is 0 Å². The Labute approximate surface area is 87.5 Å². The van der Waals surface area contributed by atoms with Crippen molar-refractivity contribution in [2.24, 2.45) is 11.3 Å². The topological polar surface area (TPSA) is 52.5 Å². The molecule has 0 spiro atoms. The fraction of sp³-hybridized carbons (Fsp3) is 1.00. The summed E-state index contributed by atoms with van der Waals surface area (Å²) in [6, 6.07) is 0.132. The van der Waals surface area contributed by atoms with Crippen molar-refractivity contribution < 1.29 is 10.2 Å². The number of nitrogens with one attached hydrogen (secondary N) is 1. The molecule has 0 radical (unpaired) electrons. The lowest BCUT2D eigenvalue weighted by molar-refractivity contribution is 0.119. The lowest BCUT2D eigenvalue weighted by atomic mass is 9.88. The Morgan fingerprint density at radius 2 is 1.86 bits per heavy atom. The predicted molar refractivity (Wildman–Crippen MR) is 59.2 cm³/mol. The Morgan fingerprint density at radius 1 is 1.29 bits per heavy atom. The quantitative estimate of drug-likeness (QED) is 0.578. The molecule has 0 heterocycles. The Balaban J connectivity index is 4.00. The van der Waals surface area contributed by atoms with E-state index in [4.69, 9.17) is 5.11 Å². The van der Waals surface area contributed by atoms with Gasteiger partial charge in [-0.1, -0.05) is 27.7 Å². The SMILES string of the molecule is CCC(C)(CO)CNC(CO)C(C)C. The van der Waals surface area contributed by atoms with Crippen LogP contribution in [0.5, 0.6) is 0 Å². The minimum absolute atomic E-state index is 0.0672. The zero-order valence-electron chi connectivity index (χ0n) is 9.88. The van der Waals surface area contributed by atoms with E-state index in [1.165, 1.54) is 0 Å². The summed E-state index contributed by atoms with van der Waals surface area (Å²) in [4.78, 5) is 0. The summed E-state index contributed by atoms with van der Waals surface area (Å²) in [5.74, 6) is 0.416. The highest BCUT2D eigenvalue weighted by Gasteiger charge is 2.22. The van der Waals surface area contributed by atoms with Gasteiger partial charge in [-0.2, -0.15) is 0 Å². The molecule has 0 amide bonds. The van der Waals surface area contributed by atoms with Gasteiger partial charge in [-0.15, -0.1) is 0 Å². The van der Waals surface area contributed by atoms with Crippen LogP contribution < -0.4 is 5.32 Å². The smallest absolute Gasteiger partial charge is 0.0587 e. The number of hydrogen-bond acceptors (Lipinski definition) is 3. The summed E-state index contributed by atoms with van der Waals surface area (Å²) in [6.45, 7) is 9.38. The lowest BCUT2D eigenvalue weighted by Gasteiger charge is -2.30. The molecule has 14 heavy (non-hydrogen) atoms. The lowest BCUT2D eigenvalue weighted by Crippen LogP contribution is -2.44. The van der Waals surface area contributed by atoms with Crippen molar-refractivity contribution in [1.29, 1.82) is 0 Å². The van der Waals surface area contributed by atoms with Gasteiger partial charge in [-0.3, -0.25) is 0 Å². The van der Waals surface area contributed by atoms with Gasteiger partial charge in [0, 0.05) is 24.6 Å². The molecule has 3 N–H and O–H groups in total. The highest BCUT2D eigenvalue weighted by atomic mass is 16.3. The second-order valence-electron chi connectivity index (χ2n) is 4.74. The molecule has 3 nitrogen and oxygen atoms in total. The minimum atomic E-state index is -0.0672. The Kier molecular flexibility index (Phi) is 6.33. The van der Waals surface area contributed by atoms with E-state index in [2.05, 4.69) is 33.0 Å². The minimum Gasteiger partial charge on any atom is -0.396 e. The van der Waals surface area contributed by atoms with Gasteiger partial charge < -0.3 is 15.5 Å². The van der Waals surface area contributed by atoms with Crippen molar-refractivity contribution in [2.75, 3.05) is 19.8 Å². The maximum Gasteiger partial charge on any atom is 0.0587 e. The van der Waals surface area contributed by atoms with Crippen LogP contribution in [0.2, 0.25) is 0 Å². The van der Waals surface area contributed by atoms with Crippen molar-refractivity contribution in [3.63, 3.8) is 0 Å². The average molecular weight is 203 g/mol. The molecule has 0 bridgehead atoms. The van der Waals surface area contributed by atoms with Gasteiger partial charge in [0.15, 0.2) is 0 Å². The van der Waals surface area contributed by atoms with Crippen LogP contribution >= 0.6 is 0 Å². The van der Waals surface area contributed by atoms with Crippen LogP contribution in [0.1, 0.15) is 34.1 Å².